The Hall–Kier alpha value is -2.64. The lowest BCUT2D eigenvalue weighted by molar-refractivity contribution is -0.192. The van der Waals surface area contributed by atoms with Gasteiger partial charge in [0.1, 0.15) is 0 Å². The summed E-state index contributed by atoms with van der Waals surface area (Å²) in [4.78, 5) is 28.5. The first-order chi connectivity index (χ1) is 14.9. The van der Waals surface area contributed by atoms with Crippen LogP contribution in [0, 0.1) is 22.7 Å². The number of nitriles is 1. The number of amides is 1. The summed E-state index contributed by atoms with van der Waals surface area (Å²) in [6, 6.07) is 9.99. The first-order valence-corrected chi connectivity index (χ1v) is 10.3. The van der Waals surface area contributed by atoms with Crippen LogP contribution in [0.1, 0.15) is 24.5 Å². The quantitative estimate of drug-likeness (QED) is 0.735. The number of nitrogens with zero attached hydrogens (tertiary/aromatic N) is 4. The molecule has 0 saturated carbocycles. The molecule has 3 rings (SSSR count). The van der Waals surface area contributed by atoms with Gasteiger partial charge in [-0.2, -0.15) is 18.4 Å². The molecule has 0 radical (unpaired) electrons. The zero-order valence-electron chi connectivity index (χ0n) is 18.5. The third-order valence-electron chi connectivity index (χ3n) is 6.04. The summed E-state index contributed by atoms with van der Waals surface area (Å²) < 4.78 is 31.7. The van der Waals surface area contributed by atoms with Crippen molar-refractivity contribution >= 4 is 11.9 Å². The number of rotatable bonds is 5. The summed E-state index contributed by atoms with van der Waals surface area (Å²) in [6.07, 6.45) is -4.12. The Bertz CT molecular complexity index is 869. The van der Waals surface area contributed by atoms with Gasteiger partial charge in [0.05, 0.1) is 17.0 Å². The zero-order valence-corrected chi connectivity index (χ0v) is 18.5. The number of likely N-dealkylation sites (tertiary alicyclic amines) is 2. The van der Waals surface area contributed by atoms with E-state index in [2.05, 4.69) is 33.8 Å². The van der Waals surface area contributed by atoms with Crippen molar-refractivity contribution in [2.24, 2.45) is 11.3 Å². The Morgan fingerprint density at radius 1 is 1.38 bits per heavy atom. The number of hydrogen-bond acceptors (Lipinski definition) is 5. The van der Waals surface area contributed by atoms with E-state index in [-0.39, 0.29) is 5.41 Å². The standard InChI is InChI=1S/C20H28N4O.C2HF3O2/c1-16-13-23(14-18-6-4-5-17(11-18)12-21)15-20(16)7-8-24(19(20)25)10-9-22(2)3;3-2(4,5)1(6)7/h4-6,11,16H,7-10,13-15H2,1-3H3;(H,6,7)/t16-,20-;/m1./s1. The molecular formula is C22H29F3N4O3. The summed E-state index contributed by atoms with van der Waals surface area (Å²) in [7, 11) is 4.09. The maximum absolute atomic E-state index is 13.1. The molecule has 1 spiro atoms. The van der Waals surface area contributed by atoms with E-state index in [1.165, 1.54) is 0 Å². The highest BCUT2D eigenvalue weighted by molar-refractivity contribution is 5.86. The van der Waals surface area contributed by atoms with Crippen molar-refractivity contribution in [1.82, 2.24) is 14.7 Å². The maximum atomic E-state index is 13.1. The van der Waals surface area contributed by atoms with Crippen molar-refractivity contribution in [1.29, 1.82) is 5.26 Å². The van der Waals surface area contributed by atoms with E-state index >= 15 is 0 Å². The molecule has 176 valence electrons. The van der Waals surface area contributed by atoms with Gasteiger partial charge in [-0.15, -0.1) is 0 Å². The van der Waals surface area contributed by atoms with E-state index < -0.39 is 12.1 Å². The highest BCUT2D eigenvalue weighted by Gasteiger charge is 2.54. The van der Waals surface area contributed by atoms with E-state index in [0.717, 1.165) is 51.3 Å². The normalized spacial score (nSPS) is 23.4. The molecule has 7 nitrogen and oxygen atoms in total. The Kier molecular flexibility index (Phi) is 8.26. The van der Waals surface area contributed by atoms with Crippen molar-refractivity contribution in [3.63, 3.8) is 0 Å². The molecule has 32 heavy (non-hydrogen) atoms. The van der Waals surface area contributed by atoms with Gasteiger partial charge in [0.15, 0.2) is 0 Å². The molecule has 1 aromatic rings. The summed E-state index contributed by atoms with van der Waals surface area (Å²) >= 11 is 0. The fraction of sp³-hybridized carbons (Fsp3) is 0.591. The van der Waals surface area contributed by atoms with Crippen LogP contribution in [0.25, 0.3) is 0 Å². The number of aliphatic carboxylic acids is 1. The number of carboxylic acids is 1. The van der Waals surface area contributed by atoms with Gasteiger partial charge in [-0.25, -0.2) is 4.79 Å². The molecule has 2 heterocycles. The predicted molar refractivity (Wildman–Crippen MR) is 111 cm³/mol. The molecule has 0 unspecified atom stereocenters. The van der Waals surface area contributed by atoms with E-state index in [4.69, 9.17) is 15.2 Å². The molecule has 2 fully saturated rings. The Labute approximate surface area is 186 Å². The molecule has 10 heteroatoms. The van der Waals surface area contributed by atoms with Crippen LogP contribution in [0.4, 0.5) is 13.2 Å². The average Bonchev–Trinajstić information content (AvgIpc) is 3.19. The van der Waals surface area contributed by atoms with Crippen LogP contribution >= 0.6 is 0 Å². The zero-order chi connectivity index (χ0) is 24.1. The van der Waals surface area contributed by atoms with Crippen LogP contribution in [-0.2, 0) is 16.1 Å². The Morgan fingerprint density at radius 2 is 2.03 bits per heavy atom. The third-order valence-corrected chi connectivity index (χ3v) is 6.04. The topological polar surface area (TPSA) is 87.9 Å². The van der Waals surface area contributed by atoms with Gasteiger partial charge in [-0.05, 0) is 44.1 Å². The fourth-order valence-electron chi connectivity index (χ4n) is 4.30. The van der Waals surface area contributed by atoms with Crippen LogP contribution < -0.4 is 0 Å². The number of halogens is 3. The van der Waals surface area contributed by atoms with Gasteiger partial charge < -0.3 is 14.9 Å². The minimum absolute atomic E-state index is 0.209. The molecule has 1 N–H and O–H groups in total. The largest absolute Gasteiger partial charge is 0.490 e. The summed E-state index contributed by atoms with van der Waals surface area (Å²) in [5.74, 6) is -2.04. The molecule has 2 aliphatic rings. The second kappa shape index (κ2) is 10.3. The van der Waals surface area contributed by atoms with Crippen molar-refractivity contribution in [2.45, 2.75) is 26.1 Å². The van der Waals surface area contributed by atoms with Gasteiger partial charge in [0, 0.05) is 39.3 Å². The first-order valence-electron chi connectivity index (χ1n) is 10.3. The van der Waals surface area contributed by atoms with Gasteiger partial charge in [0.25, 0.3) is 0 Å². The molecule has 2 saturated heterocycles. The molecule has 1 amide bonds. The molecule has 2 aliphatic heterocycles. The summed E-state index contributed by atoms with van der Waals surface area (Å²) in [6.45, 7) is 7.44. The van der Waals surface area contributed by atoms with Gasteiger partial charge in [-0.1, -0.05) is 19.1 Å². The van der Waals surface area contributed by atoms with Crippen molar-refractivity contribution < 1.29 is 27.9 Å². The number of hydrogen-bond donors (Lipinski definition) is 1. The average molecular weight is 454 g/mol. The fourth-order valence-corrected chi connectivity index (χ4v) is 4.30. The molecule has 1 aromatic carbocycles. The molecular weight excluding hydrogens is 425 g/mol. The van der Waals surface area contributed by atoms with Crippen molar-refractivity contribution in [2.75, 3.05) is 46.8 Å². The maximum Gasteiger partial charge on any atom is 0.490 e. The van der Waals surface area contributed by atoms with Gasteiger partial charge in [-0.3, -0.25) is 9.69 Å². The first kappa shape index (κ1) is 25.6. The Morgan fingerprint density at radius 3 is 2.59 bits per heavy atom. The van der Waals surface area contributed by atoms with Crippen LogP contribution in [-0.4, -0.2) is 84.7 Å². The minimum atomic E-state index is -5.08. The monoisotopic (exact) mass is 454 g/mol. The van der Waals surface area contributed by atoms with Crippen molar-refractivity contribution in [3.05, 3.63) is 35.4 Å². The summed E-state index contributed by atoms with van der Waals surface area (Å²) in [5, 5.41) is 16.2. The highest BCUT2D eigenvalue weighted by atomic mass is 19.4. The number of carbonyl (C=O) groups is 2. The van der Waals surface area contributed by atoms with Crippen LogP contribution in [0.2, 0.25) is 0 Å². The van der Waals surface area contributed by atoms with Crippen LogP contribution in [0.15, 0.2) is 24.3 Å². The highest BCUT2D eigenvalue weighted by Crippen LogP contribution is 2.45. The molecule has 2 atom stereocenters. The smallest absolute Gasteiger partial charge is 0.475 e. The molecule has 0 aliphatic carbocycles. The number of benzene rings is 1. The summed E-state index contributed by atoms with van der Waals surface area (Å²) in [5.41, 5.74) is 1.64. The predicted octanol–water partition coefficient (Wildman–Crippen LogP) is 2.42. The molecule has 0 bridgehead atoms. The lowest BCUT2D eigenvalue weighted by Crippen LogP contribution is -2.41. The molecule has 0 aromatic heterocycles. The van der Waals surface area contributed by atoms with E-state index in [9.17, 15) is 18.0 Å². The van der Waals surface area contributed by atoms with Crippen LogP contribution in [0.3, 0.4) is 0 Å². The number of alkyl halides is 3. The van der Waals surface area contributed by atoms with E-state index in [1.54, 1.807) is 0 Å². The second-order valence-electron chi connectivity index (χ2n) is 8.69. The lowest BCUT2D eigenvalue weighted by atomic mass is 9.78. The van der Waals surface area contributed by atoms with E-state index in [0.29, 0.717) is 17.4 Å². The van der Waals surface area contributed by atoms with E-state index in [1.807, 2.05) is 32.3 Å². The minimum Gasteiger partial charge on any atom is -0.475 e. The number of carboxylic acid groups (broad SMARTS) is 1. The Balaban J connectivity index is 0.000000451. The van der Waals surface area contributed by atoms with Crippen molar-refractivity contribution in [3.8, 4) is 6.07 Å². The second-order valence-corrected chi connectivity index (χ2v) is 8.69. The number of likely N-dealkylation sites (N-methyl/N-ethyl adjacent to an activating group) is 1. The van der Waals surface area contributed by atoms with Crippen LogP contribution in [0.5, 0.6) is 0 Å². The van der Waals surface area contributed by atoms with Gasteiger partial charge >= 0.3 is 12.1 Å². The SMILES string of the molecule is C[C@@H]1CN(Cc2cccc(C#N)c2)C[C@]12CCN(CCN(C)C)C2=O.O=C(O)C(F)(F)F. The third kappa shape index (κ3) is 6.20. The lowest BCUT2D eigenvalue weighted by Gasteiger charge is -2.27. The van der Waals surface area contributed by atoms with Gasteiger partial charge in [0.2, 0.25) is 5.91 Å². The number of carbonyl (C=O) groups excluding carboxylic acids is 1.